The van der Waals surface area contributed by atoms with Crippen molar-refractivity contribution in [1.82, 2.24) is 15.3 Å². The van der Waals surface area contributed by atoms with E-state index in [1.165, 1.54) is 12.8 Å². The van der Waals surface area contributed by atoms with E-state index in [4.69, 9.17) is 16.3 Å². The number of nitrogens with zero attached hydrogens (tertiary/aromatic N) is 2. The molecule has 0 saturated carbocycles. The lowest BCUT2D eigenvalue weighted by Gasteiger charge is -2.22. The minimum absolute atomic E-state index is 0. The SMILES string of the molecule is Cl.Clc1nccc(OCCC2CCCNC2)n1. The molecule has 4 nitrogen and oxygen atoms in total. The van der Waals surface area contributed by atoms with Gasteiger partial charge in [-0.15, -0.1) is 12.4 Å². The van der Waals surface area contributed by atoms with Gasteiger partial charge in [0, 0.05) is 12.3 Å². The summed E-state index contributed by atoms with van der Waals surface area (Å²) in [6, 6.07) is 1.73. The van der Waals surface area contributed by atoms with Crippen LogP contribution < -0.4 is 10.1 Å². The highest BCUT2D eigenvalue weighted by Gasteiger charge is 2.12. The number of hydrogen-bond donors (Lipinski definition) is 1. The quantitative estimate of drug-likeness (QED) is 0.859. The summed E-state index contributed by atoms with van der Waals surface area (Å²) in [6.45, 7) is 2.95. The van der Waals surface area contributed by atoms with Crippen molar-refractivity contribution in [2.75, 3.05) is 19.7 Å². The lowest BCUT2D eigenvalue weighted by atomic mass is 9.97. The summed E-state index contributed by atoms with van der Waals surface area (Å²) in [6.07, 6.45) is 5.23. The number of piperidine rings is 1. The van der Waals surface area contributed by atoms with E-state index in [2.05, 4.69) is 15.3 Å². The first-order valence-corrected chi connectivity index (χ1v) is 6.04. The maximum Gasteiger partial charge on any atom is 0.225 e. The van der Waals surface area contributed by atoms with Gasteiger partial charge in [-0.2, -0.15) is 4.98 Å². The van der Waals surface area contributed by atoms with Gasteiger partial charge in [-0.05, 0) is 49.9 Å². The second kappa shape index (κ2) is 7.69. The lowest BCUT2D eigenvalue weighted by Crippen LogP contribution is -2.30. The molecule has 1 aromatic rings. The average molecular weight is 278 g/mol. The predicted molar refractivity (Wildman–Crippen MR) is 70.0 cm³/mol. The second-order valence-corrected chi connectivity index (χ2v) is 4.35. The highest BCUT2D eigenvalue weighted by molar-refractivity contribution is 6.28. The molecular weight excluding hydrogens is 261 g/mol. The van der Waals surface area contributed by atoms with E-state index in [0.717, 1.165) is 25.4 Å². The van der Waals surface area contributed by atoms with Gasteiger partial charge < -0.3 is 10.1 Å². The summed E-state index contributed by atoms with van der Waals surface area (Å²) in [7, 11) is 0. The van der Waals surface area contributed by atoms with Crippen LogP contribution in [0.3, 0.4) is 0 Å². The van der Waals surface area contributed by atoms with Crippen LogP contribution in [0.4, 0.5) is 0 Å². The van der Waals surface area contributed by atoms with Crippen LogP contribution in [0.25, 0.3) is 0 Å². The second-order valence-electron chi connectivity index (χ2n) is 4.01. The minimum Gasteiger partial charge on any atom is -0.478 e. The van der Waals surface area contributed by atoms with Gasteiger partial charge in [-0.25, -0.2) is 4.98 Å². The number of nitrogens with one attached hydrogen (secondary N) is 1. The summed E-state index contributed by atoms with van der Waals surface area (Å²) in [4.78, 5) is 7.77. The average Bonchev–Trinajstić information content (AvgIpc) is 2.30. The van der Waals surface area contributed by atoms with E-state index in [9.17, 15) is 0 Å². The molecule has 0 radical (unpaired) electrons. The van der Waals surface area contributed by atoms with Crippen LogP contribution >= 0.6 is 24.0 Å². The molecular formula is C11H17Cl2N3O. The molecule has 17 heavy (non-hydrogen) atoms. The van der Waals surface area contributed by atoms with Crippen molar-refractivity contribution in [3.8, 4) is 5.88 Å². The Labute approximate surface area is 113 Å². The molecule has 0 spiro atoms. The van der Waals surface area contributed by atoms with E-state index < -0.39 is 0 Å². The topological polar surface area (TPSA) is 47.0 Å². The maximum absolute atomic E-state index is 5.66. The summed E-state index contributed by atoms with van der Waals surface area (Å²) in [5.74, 6) is 1.29. The number of hydrogen-bond acceptors (Lipinski definition) is 4. The smallest absolute Gasteiger partial charge is 0.225 e. The van der Waals surface area contributed by atoms with Crippen molar-refractivity contribution < 1.29 is 4.74 Å². The molecule has 1 atom stereocenters. The monoisotopic (exact) mass is 277 g/mol. The van der Waals surface area contributed by atoms with Crippen LogP contribution in [-0.2, 0) is 0 Å². The third kappa shape index (κ3) is 5.06. The molecule has 0 aromatic carbocycles. The van der Waals surface area contributed by atoms with E-state index in [1.54, 1.807) is 12.3 Å². The molecule has 96 valence electrons. The van der Waals surface area contributed by atoms with Crippen LogP contribution in [-0.4, -0.2) is 29.7 Å². The van der Waals surface area contributed by atoms with Gasteiger partial charge in [0.05, 0.1) is 6.61 Å². The molecule has 1 saturated heterocycles. The number of ether oxygens (including phenoxy) is 1. The molecule has 2 rings (SSSR count). The Morgan fingerprint density at radius 1 is 1.53 bits per heavy atom. The van der Waals surface area contributed by atoms with Gasteiger partial charge >= 0.3 is 0 Å². The molecule has 1 aliphatic rings. The fourth-order valence-electron chi connectivity index (χ4n) is 1.90. The van der Waals surface area contributed by atoms with Gasteiger partial charge in [-0.3, -0.25) is 0 Å². The zero-order valence-electron chi connectivity index (χ0n) is 9.56. The van der Waals surface area contributed by atoms with Crippen LogP contribution in [0.5, 0.6) is 5.88 Å². The third-order valence-corrected chi connectivity index (χ3v) is 2.96. The van der Waals surface area contributed by atoms with Crippen molar-refractivity contribution in [2.45, 2.75) is 19.3 Å². The van der Waals surface area contributed by atoms with Crippen molar-refractivity contribution in [3.63, 3.8) is 0 Å². The minimum atomic E-state index is 0. The predicted octanol–water partition coefficient (Wildman–Crippen LogP) is 2.32. The normalized spacial score (nSPS) is 19.5. The summed E-state index contributed by atoms with van der Waals surface area (Å²) < 4.78 is 5.53. The summed E-state index contributed by atoms with van der Waals surface area (Å²) in [5, 5.41) is 3.62. The van der Waals surface area contributed by atoms with Crippen LogP contribution in [0.2, 0.25) is 5.28 Å². The number of aromatic nitrogens is 2. The van der Waals surface area contributed by atoms with Crippen molar-refractivity contribution >= 4 is 24.0 Å². The highest BCUT2D eigenvalue weighted by Crippen LogP contribution is 2.15. The van der Waals surface area contributed by atoms with Crippen LogP contribution in [0, 0.1) is 5.92 Å². The Bertz CT molecular complexity index is 332. The first-order chi connectivity index (χ1) is 7.84. The molecule has 2 heterocycles. The number of halogens is 2. The molecule has 6 heteroatoms. The first-order valence-electron chi connectivity index (χ1n) is 5.66. The Hall–Kier alpha value is -0.580. The Balaban J connectivity index is 0.00000144. The number of rotatable bonds is 4. The fourth-order valence-corrected chi connectivity index (χ4v) is 2.04. The molecule has 1 aliphatic heterocycles. The molecule has 0 bridgehead atoms. The van der Waals surface area contributed by atoms with Crippen LogP contribution in [0.15, 0.2) is 12.3 Å². The summed E-state index contributed by atoms with van der Waals surface area (Å²) in [5.41, 5.74) is 0. The molecule has 0 amide bonds. The molecule has 0 aliphatic carbocycles. The fraction of sp³-hybridized carbons (Fsp3) is 0.636. The largest absolute Gasteiger partial charge is 0.478 e. The first kappa shape index (κ1) is 14.5. The Kier molecular flexibility index (Phi) is 6.55. The van der Waals surface area contributed by atoms with Gasteiger partial charge in [0.15, 0.2) is 0 Å². The van der Waals surface area contributed by atoms with E-state index in [-0.39, 0.29) is 17.7 Å². The van der Waals surface area contributed by atoms with Gasteiger partial charge in [0.1, 0.15) is 0 Å². The van der Waals surface area contributed by atoms with Gasteiger partial charge in [0.2, 0.25) is 11.2 Å². The lowest BCUT2D eigenvalue weighted by molar-refractivity contribution is 0.247. The van der Waals surface area contributed by atoms with E-state index in [1.807, 2.05) is 0 Å². The molecule has 1 fully saturated rings. The van der Waals surface area contributed by atoms with Gasteiger partial charge in [0.25, 0.3) is 0 Å². The van der Waals surface area contributed by atoms with E-state index >= 15 is 0 Å². The van der Waals surface area contributed by atoms with E-state index in [0.29, 0.717) is 12.5 Å². The standard InChI is InChI=1S/C11H16ClN3O.ClH/c12-11-14-6-3-10(15-11)16-7-4-9-2-1-5-13-8-9;/h3,6,9,13H,1-2,4-5,7-8H2;1H. The zero-order chi connectivity index (χ0) is 11.2. The maximum atomic E-state index is 5.66. The van der Waals surface area contributed by atoms with Crippen molar-refractivity contribution in [1.29, 1.82) is 0 Å². The van der Waals surface area contributed by atoms with Crippen molar-refractivity contribution in [3.05, 3.63) is 17.5 Å². The Morgan fingerprint density at radius 3 is 3.12 bits per heavy atom. The third-order valence-electron chi connectivity index (χ3n) is 2.78. The summed E-state index contributed by atoms with van der Waals surface area (Å²) >= 11 is 5.66. The Morgan fingerprint density at radius 2 is 2.41 bits per heavy atom. The molecule has 1 N–H and O–H groups in total. The highest BCUT2D eigenvalue weighted by atomic mass is 35.5. The van der Waals surface area contributed by atoms with Gasteiger partial charge in [-0.1, -0.05) is 0 Å². The zero-order valence-corrected chi connectivity index (χ0v) is 11.1. The van der Waals surface area contributed by atoms with Crippen molar-refractivity contribution in [2.24, 2.45) is 5.92 Å². The molecule has 1 aromatic heterocycles. The molecule has 1 unspecified atom stereocenters. The van der Waals surface area contributed by atoms with Crippen LogP contribution in [0.1, 0.15) is 19.3 Å².